The van der Waals surface area contributed by atoms with Crippen molar-refractivity contribution >= 4 is 48.5 Å². The summed E-state index contributed by atoms with van der Waals surface area (Å²) in [5.74, 6) is 0.198. The second-order valence-electron chi connectivity index (χ2n) is 14.5. The number of pyridine rings is 2. The van der Waals surface area contributed by atoms with E-state index in [-0.39, 0.29) is 5.92 Å². The lowest BCUT2D eigenvalue weighted by atomic mass is 9.83. The lowest BCUT2D eigenvalue weighted by molar-refractivity contribution is 0.826. The number of rotatable bonds is 6. The van der Waals surface area contributed by atoms with Gasteiger partial charge < -0.3 is 4.57 Å². The van der Waals surface area contributed by atoms with Crippen LogP contribution >= 0.6 is 11.3 Å². The number of fused-ring (bicyclic) bond motifs is 6. The summed E-state index contributed by atoms with van der Waals surface area (Å²) in [6, 6.07) is 61.3. The molecule has 10 aromatic rings. The van der Waals surface area contributed by atoms with Gasteiger partial charge in [0.25, 0.3) is 0 Å². The Kier molecular flexibility index (Phi) is 7.82. The topological polar surface area (TPSA) is 30.7 Å². The number of allylic oxidation sites excluding steroid dienone is 1. The normalized spacial score (nSPS) is 13.8. The predicted octanol–water partition coefficient (Wildman–Crippen LogP) is 13.8. The highest BCUT2D eigenvalue weighted by atomic mass is 32.1. The van der Waals surface area contributed by atoms with Crippen LogP contribution in [0.4, 0.5) is 0 Å². The minimum absolute atomic E-state index is 0.198. The van der Waals surface area contributed by atoms with Crippen molar-refractivity contribution in [2.45, 2.75) is 12.3 Å². The summed E-state index contributed by atoms with van der Waals surface area (Å²) < 4.78 is 5.09. The van der Waals surface area contributed by atoms with Crippen LogP contribution in [-0.4, -0.2) is 14.5 Å². The zero-order valence-electron chi connectivity index (χ0n) is 30.5. The third-order valence-corrected chi connectivity index (χ3v) is 12.5. The number of aromatic nitrogens is 3. The maximum absolute atomic E-state index is 4.75. The van der Waals surface area contributed by atoms with E-state index in [0.29, 0.717) is 0 Å². The molecule has 0 radical (unpaired) electrons. The van der Waals surface area contributed by atoms with Crippen molar-refractivity contribution in [3.63, 3.8) is 0 Å². The fourth-order valence-electron chi connectivity index (χ4n) is 8.69. The molecule has 56 heavy (non-hydrogen) atoms. The molecule has 264 valence electrons. The van der Waals surface area contributed by atoms with Crippen molar-refractivity contribution in [2.24, 2.45) is 0 Å². The van der Waals surface area contributed by atoms with Crippen molar-refractivity contribution in [1.82, 2.24) is 14.5 Å². The Labute approximate surface area is 329 Å². The molecule has 0 saturated carbocycles. The monoisotopic (exact) mass is 733 g/mol. The van der Waals surface area contributed by atoms with Crippen molar-refractivity contribution < 1.29 is 0 Å². The zero-order valence-corrected chi connectivity index (χ0v) is 31.3. The number of thiophene rings is 1. The highest BCUT2D eigenvalue weighted by Gasteiger charge is 2.26. The molecule has 0 saturated heterocycles. The van der Waals surface area contributed by atoms with Crippen molar-refractivity contribution in [3.05, 3.63) is 205 Å². The number of nitrogens with zero attached hydrogens (tertiary/aromatic N) is 3. The van der Waals surface area contributed by atoms with Crippen LogP contribution in [0.5, 0.6) is 0 Å². The summed E-state index contributed by atoms with van der Waals surface area (Å²) >= 11 is 1.87. The van der Waals surface area contributed by atoms with Crippen molar-refractivity contribution in [2.75, 3.05) is 0 Å². The fourth-order valence-corrected chi connectivity index (χ4v) is 9.76. The average molecular weight is 734 g/mol. The lowest BCUT2D eigenvalue weighted by Crippen LogP contribution is -2.08. The zero-order chi connectivity index (χ0) is 37.0. The van der Waals surface area contributed by atoms with Gasteiger partial charge in [-0.1, -0.05) is 109 Å². The Hall–Kier alpha value is -6.88. The first kappa shape index (κ1) is 32.5. The molecule has 4 heterocycles. The molecule has 1 aliphatic carbocycles. The summed E-state index contributed by atoms with van der Waals surface area (Å²) in [5, 5.41) is 3.87. The van der Waals surface area contributed by atoms with Crippen LogP contribution in [-0.2, 0) is 6.42 Å². The standard InChI is InChI=1S/C52H35N3S/c1-2-12-34(13-3-1)35-22-26-51-45(30-35)46-33-38(23-27-52(46)56-51)55-49-24-20-36(39-14-4-6-16-41(39)47-18-8-10-28-53-47)31-43(49)44-32-37(21-25-50(44)55)40-15-5-7-17-42(40)48-19-9-11-29-54-48/h1-31,33,37H,32H2. The summed E-state index contributed by atoms with van der Waals surface area (Å²) in [6.45, 7) is 0. The van der Waals surface area contributed by atoms with E-state index >= 15 is 0 Å². The highest BCUT2D eigenvalue weighted by Crippen LogP contribution is 2.44. The fraction of sp³-hybridized carbons (Fsp3) is 0.0385. The Morgan fingerprint density at radius 3 is 1.93 bits per heavy atom. The smallest absolute Gasteiger partial charge is 0.0708 e. The van der Waals surface area contributed by atoms with Gasteiger partial charge in [-0.2, -0.15) is 0 Å². The van der Waals surface area contributed by atoms with Crippen LogP contribution in [0.3, 0.4) is 0 Å². The maximum Gasteiger partial charge on any atom is 0.0708 e. The summed E-state index contributed by atoms with van der Waals surface area (Å²) in [7, 11) is 0. The van der Waals surface area contributed by atoms with E-state index in [1.54, 1.807) is 0 Å². The summed E-state index contributed by atoms with van der Waals surface area (Å²) in [6.07, 6.45) is 9.41. The van der Waals surface area contributed by atoms with Gasteiger partial charge in [0.1, 0.15) is 0 Å². The van der Waals surface area contributed by atoms with Gasteiger partial charge in [-0.3, -0.25) is 9.97 Å². The van der Waals surface area contributed by atoms with Crippen LogP contribution < -0.4 is 0 Å². The molecule has 1 unspecified atom stereocenters. The lowest BCUT2D eigenvalue weighted by Gasteiger charge is -2.22. The Balaban J connectivity index is 1.10. The van der Waals surface area contributed by atoms with E-state index in [1.807, 2.05) is 35.9 Å². The van der Waals surface area contributed by atoms with Crippen LogP contribution in [0.15, 0.2) is 188 Å². The second-order valence-corrected chi connectivity index (χ2v) is 15.6. The van der Waals surface area contributed by atoms with Crippen molar-refractivity contribution in [3.8, 4) is 50.5 Å². The SMILES string of the molecule is C1=CC(c2ccccc2-c2ccccn2)Cc2c1n(-c1ccc3sc4ccc(-c5ccccc5)cc4c3c1)c1ccc(-c3ccccc3-c3ccccn3)cc21. The number of hydrogen-bond acceptors (Lipinski definition) is 3. The number of benzene rings is 6. The molecule has 0 aliphatic heterocycles. The molecular formula is C52H35N3S. The Morgan fingerprint density at radius 2 is 1.14 bits per heavy atom. The molecule has 4 aromatic heterocycles. The summed E-state index contributed by atoms with van der Waals surface area (Å²) in [5.41, 5.74) is 15.4. The van der Waals surface area contributed by atoms with E-state index < -0.39 is 0 Å². The van der Waals surface area contributed by atoms with Crippen LogP contribution in [0.1, 0.15) is 22.7 Å². The first-order valence-electron chi connectivity index (χ1n) is 19.2. The molecule has 0 spiro atoms. The molecule has 0 amide bonds. The van der Waals surface area contributed by atoms with Gasteiger partial charge in [-0.05, 0) is 113 Å². The molecule has 3 nitrogen and oxygen atoms in total. The molecular weight excluding hydrogens is 699 g/mol. The quantitative estimate of drug-likeness (QED) is 0.170. The average Bonchev–Trinajstić information content (AvgIpc) is 3.81. The van der Waals surface area contributed by atoms with Gasteiger partial charge in [-0.15, -0.1) is 11.3 Å². The van der Waals surface area contributed by atoms with E-state index in [2.05, 4.69) is 174 Å². The molecule has 1 atom stereocenters. The largest absolute Gasteiger partial charge is 0.310 e. The van der Waals surface area contributed by atoms with Crippen LogP contribution in [0.2, 0.25) is 0 Å². The first-order valence-corrected chi connectivity index (χ1v) is 20.0. The van der Waals surface area contributed by atoms with Gasteiger partial charge >= 0.3 is 0 Å². The van der Waals surface area contributed by atoms with Crippen LogP contribution in [0.25, 0.3) is 87.6 Å². The van der Waals surface area contributed by atoms with E-state index in [0.717, 1.165) is 23.4 Å². The van der Waals surface area contributed by atoms with E-state index in [9.17, 15) is 0 Å². The maximum atomic E-state index is 4.75. The minimum atomic E-state index is 0.198. The molecule has 1 aliphatic rings. The van der Waals surface area contributed by atoms with Gasteiger partial charge in [-0.25, -0.2) is 0 Å². The molecule has 0 bridgehead atoms. The molecule has 11 rings (SSSR count). The second kappa shape index (κ2) is 13.5. The molecule has 0 fully saturated rings. The number of hydrogen-bond donors (Lipinski definition) is 0. The van der Waals surface area contributed by atoms with Gasteiger partial charge in [0.2, 0.25) is 0 Å². The van der Waals surface area contributed by atoms with Gasteiger partial charge in [0.05, 0.1) is 16.9 Å². The molecule has 6 aromatic carbocycles. The van der Waals surface area contributed by atoms with Crippen molar-refractivity contribution in [1.29, 1.82) is 0 Å². The highest BCUT2D eigenvalue weighted by molar-refractivity contribution is 7.25. The minimum Gasteiger partial charge on any atom is -0.310 e. The third kappa shape index (κ3) is 5.49. The Bertz CT molecular complexity index is 3100. The first-order chi connectivity index (χ1) is 27.8. The van der Waals surface area contributed by atoms with E-state index in [4.69, 9.17) is 9.97 Å². The summed E-state index contributed by atoms with van der Waals surface area (Å²) in [4.78, 5) is 9.49. The van der Waals surface area contributed by atoms with Gasteiger partial charge in [0.15, 0.2) is 0 Å². The van der Waals surface area contributed by atoms with E-state index in [1.165, 1.54) is 81.4 Å². The Morgan fingerprint density at radius 1 is 0.500 bits per heavy atom. The van der Waals surface area contributed by atoms with Crippen LogP contribution in [0, 0.1) is 0 Å². The molecule has 4 heteroatoms. The third-order valence-electron chi connectivity index (χ3n) is 11.3. The molecule has 0 N–H and O–H groups in total. The van der Waals surface area contributed by atoms with Gasteiger partial charge in [0, 0.05) is 66.4 Å². The predicted molar refractivity (Wildman–Crippen MR) is 235 cm³/mol.